The predicted octanol–water partition coefficient (Wildman–Crippen LogP) is 0.228. The maximum Gasteiger partial charge on any atom is 0.312 e. The van der Waals surface area contributed by atoms with Gasteiger partial charge in [0, 0.05) is 32.2 Å². The Balaban J connectivity index is 1.49. The zero-order valence-corrected chi connectivity index (χ0v) is 13.2. The Morgan fingerprint density at radius 3 is 2.41 bits per heavy atom. The fraction of sp³-hybridized carbons (Fsp3) is 0.812. The molecule has 2 bridgehead atoms. The number of hydrogen-bond acceptors (Lipinski definition) is 3. The molecule has 0 aromatic heterocycles. The number of carbonyl (C=O) groups is 3. The summed E-state index contributed by atoms with van der Waals surface area (Å²) >= 11 is 0. The van der Waals surface area contributed by atoms with Crippen LogP contribution in [0, 0.1) is 17.8 Å². The highest BCUT2D eigenvalue weighted by molar-refractivity contribution is 6.35. The van der Waals surface area contributed by atoms with Gasteiger partial charge in [-0.15, -0.1) is 0 Å². The van der Waals surface area contributed by atoms with Gasteiger partial charge in [0.05, 0.1) is 0 Å². The van der Waals surface area contributed by atoms with Gasteiger partial charge >= 0.3 is 11.8 Å². The molecule has 4 atom stereocenters. The molecule has 1 heterocycles. The molecule has 3 fully saturated rings. The summed E-state index contributed by atoms with van der Waals surface area (Å²) in [5, 5.41) is 2.92. The second-order valence-electron chi connectivity index (χ2n) is 7.03. The summed E-state index contributed by atoms with van der Waals surface area (Å²) in [5.41, 5.74) is 0. The maximum absolute atomic E-state index is 12.2. The summed E-state index contributed by atoms with van der Waals surface area (Å²) < 4.78 is 0. The van der Waals surface area contributed by atoms with Crippen LogP contribution in [0.4, 0.5) is 0 Å². The summed E-state index contributed by atoms with van der Waals surface area (Å²) in [4.78, 5) is 38.2. The molecule has 6 nitrogen and oxygen atoms in total. The van der Waals surface area contributed by atoms with E-state index in [1.165, 1.54) is 25.7 Å². The van der Waals surface area contributed by atoms with Crippen molar-refractivity contribution in [2.75, 3.05) is 26.2 Å². The normalized spacial score (nSPS) is 32.0. The van der Waals surface area contributed by atoms with Crippen LogP contribution in [-0.2, 0) is 14.4 Å². The van der Waals surface area contributed by atoms with Crippen LogP contribution >= 0.6 is 0 Å². The topological polar surface area (TPSA) is 69.7 Å². The first kappa shape index (κ1) is 15.3. The molecule has 2 saturated carbocycles. The molecule has 0 aromatic carbocycles. The second kappa shape index (κ2) is 6.26. The lowest BCUT2D eigenvalue weighted by molar-refractivity contribution is -0.148. The van der Waals surface area contributed by atoms with Crippen molar-refractivity contribution < 1.29 is 14.4 Å². The smallest absolute Gasteiger partial charge is 0.312 e. The average Bonchev–Trinajstić information content (AvgIpc) is 3.17. The van der Waals surface area contributed by atoms with E-state index in [1.54, 1.807) is 9.80 Å². The van der Waals surface area contributed by atoms with Crippen molar-refractivity contribution in [2.45, 2.75) is 38.6 Å². The molecule has 1 N–H and O–H groups in total. The zero-order chi connectivity index (χ0) is 15.7. The van der Waals surface area contributed by atoms with Crippen molar-refractivity contribution in [3.8, 4) is 0 Å². The first-order chi connectivity index (χ1) is 10.6. The highest BCUT2D eigenvalue weighted by atomic mass is 16.2. The number of amides is 3. The number of fused-ring (bicyclic) bond motifs is 2. The number of hydrogen-bond donors (Lipinski definition) is 1. The van der Waals surface area contributed by atoms with Gasteiger partial charge in [-0.1, -0.05) is 6.42 Å². The quantitative estimate of drug-likeness (QED) is 0.599. The molecule has 22 heavy (non-hydrogen) atoms. The Morgan fingerprint density at radius 2 is 1.86 bits per heavy atom. The Bertz CT molecular complexity index is 460. The first-order valence-electron chi connectivity index (χ1n) is 8.37. The molecule has 3 aliphatic rings. The summed E-state index contributed by atoms with van der Waals surface area (Å²) in [6.07, 6.45) is 5.89. The van der Waals surface area contributed by atoms with E-state index in [0.717, 1.165) is 18.2 Å². The molecule has 0 radical (unpaired) electrons. The maximum atomic E-state index is 12.2. The van der Waals surface area contributed by atoms with Crippen LogP contribution in [-0.4, -0.2) is 60.2 Å². The fourth-order valence-electron chi connectivity index (χ4n) is 4.46. The van der Waals surface area contributed by atoms with E-state index in [-0.39, 0.29) is 6.04 Å². The predicted molar refractivity (Wildman–Crippen MR) is 80.8 cm³/mol. The lowest BCUT2D eigenvalue weighted by Crippen LogP contribution is -2.54. The van der Waals surface area contributed by atoms with Gasteiger partial charge in [-0.05, 0) is 43.9 Å². The van der Waals surface area contributed by atoms with E-state index in [0.29, 0.717) is 32.1 Å². The molecular weight excluding hydrogens is 282 g/mol. The van der Waals surface area contributed by atoms with Crippen molar-refractivity contribution in [1.29, 1.82) is 0 Å². The molecule has 3 amide bonds. The number of rotatable bonds is 3. The Kier molecular flexibility index (Phi) is 4.36. The van der Waals surface area contributed by atoms with Crippen LogP contribution < -0.4 is 5.32 Å². The Hall–Kier alpha value is -1.59. The number of piperazine rings is 1. The standard InChI is InChI=1S/C16H25N3O3/c1-11(14-9-12-2-3-13(14)8-12)17-15(21)16(22)19-6-4-18(10-20)5-7-19/h10-14H,2-9H2,1H3,(H,17,21). The molecule has 3 rings (SSSR count). The molecule has 2 aliphatic carbocycles. The van der Waals surface area contributed by atoms with E-state index >= 15 is 0 Å². The SMILES string of the molecule is CC(NC(=O)C(=O)N1CCN(C=O)CC1)C1CC2CCC1C2. The van der Waals surface area contributed by atoms with Crippen LogP contribution in [0.5, 0.6) is 0 Å². The molecule has 0 aromatic rings. The highest BCUT2D eigenvalue weighted by Crippen LogP contribution is 2.49. The lowest BCUT2D eigenvalue weighted by Gasteiger charge is -2.33. The van der Waals surface area contributed by atoms with E-state index in [2.05, 4.69) is 5.32 Å². The minimum Gasteiger partial charge on any atom is -0.345 e. The number of nitrogens with zero attached hydrogens (tertiary/aromatic N) is 2. The van der Waals surface area contributed by atoms with Crippen LogP contribution in [0.3, 0.4) is 0 Å². The summed E-state index contributed by atoms with van der Waals surface area (Å²) in [7, 11) is 0. The van der Waals surface area contributed by atoms with E-state index in [4.69, 9.17) is 0 Å². The van der Waals surface area contributed by atoms with Crippen molar-refractivity contribution >= 4 is 18.2 Å². The Morgan fingerprint density at radius 1 is 1.14 bits per heavy atom. The summed E-state index contributed by atoms with van der Waals surface area (Å²) in [5.74, 6) is 1.14. The number of nitrogens with one attached hydrogen (secondary N) is 1. The van der Waals surface area contributed by atoms with Gasteiger partial charge in [-0.25, -0.2) is 0 Å². The zero-order valence-electron chi connectivity index (χ0n) is 13.2. The fourth-order valence-corrected chi connectivity index (χ4v) is 4.46. The van der Waals surface area contributed by atoms with Crippen molar-refractivity contribution in [3.63, 3.8) is 0 Å². The molecule has 4 unspecified atom stereocenters. The minimum absolute atomic E-state index is 0.0722. The van der Waals surface area contributed by atoms with E-state index in [9.17, 15) is 14.4 Å². The van der Waals surface area contributed by atoms with Crippen LogP contribution in [0.1, 0.15) is 32.6 Å². The molecule has 6 heteroatoms. The summed E-state index contributed by atoms with van der Waals surface area (Å²) in [6, 6.07) is 0.0722. The molecule has 0 spiro atoms. The van der Waals surface area contributed by atoms with Crippen LogP contribution in [0.2, 0.25) is 0 Å². The largest absolute Gasteiger partial charge is 0.345 e. The van der Waals surface area contributed by atoms with Crippen molar-refractivity contribution in [1.82, 2.24) is 15.1 Å². The number of carbonyl (C=O) groups excluding carboxylic acids is 3. The average molecular weight is 307 g/mol. The van der Waals surface area contributed by atoms with Gasteiger partial charge in [0.1, 0.15) is 0 Å². The first-order valence-corrected chi connectivity index (χ1v) is 8.37. The Labute approximate surface area is 131 Å². The minimum atomic E-state index is -0.491. The third kappa shape index (κ3) is 2.96. The molecular formula is C16H25N3O3. The highest BCUT2D eigenvalue weighted by Gasteiger charge is 2.42. The van der Waals surface area contributed by atoms with Gasteiger partial charge in [-0.2, -0.15) is 0 Å². The van der Waals surface area contributed by atoms with Gasteiger partial charge in [0.15, 0.2) is 0 Å². The third-order valence-corrected chi connectivity index (χ3v) is 5.74. The molecule has 122 valence electrons. The van der Waals surface area contributed by atoms with Crippen molar-refractivity contribution in [2.24, 2.45) is 17.8 Å². The lowest BCUT2D eigenvalue weighted by atomic mass is 9.84. The van der Waals surface area contributed by atoms with Gasteiger partial charge in [0.25, 0.3) is 0 Å². The summed E-state index contributed by atoms with van der Waals surface area (Å²) in [6.45, 7) is 3.91. The van der Waals surface area contributed by atoms with Crippen LogP contribution in [0.15, 0.2) is 0 Å². The third-order valence-electron chi connectivity index (χ3n) is 5.74. The second-order valence-corrected chi connectivity index (χ2v) is 7.03. The van der Waals surface area contributed by atoms with Gasteiger partial charge < -0.3 is 15.1 Å². The van der Waals surface area contributed by atoms with Gasteiger partial charge in [0.2, 0.25) is 6.41 Å². The van der Waals surface area contributed by atoms with Crippen molar-refractivity contribution in [3.05, 3.63) is 0 Å². The van der Waals surface area contributed by atoms with Gasteiger partial charge in [-0.3, -0.25) is 14.4 Å². The van der Waals surface area contributed by atoms with E-state index in [1.807, 2.05) is 6.92 Å². The molecule has 1 saturated heterocycles. The van der Waals surface area contributed by atoms with Crippen LogP contribution in [0.25, 0.3) is 0 Å². The molecule has 1 aliphatic heterocycles. The monoisotopic (exact) mass is 307 g/mol. The van der Waals surface area contributed by atoms with E-state index < -0.39 is 11.8 Å².